The van der Waals surface area contributed by atoms with Gasteiger partial charge < -0.3 is 44.3 Å². The SMILES string of the molecule is COc1cccc2c1C(=O)c1c(O)c3c(c(O)c1C2=O)C[C@@](O)(C(=O)CO)C[C@@H]3OC1CC(N([Si])C2CCCC3C4NC5NC(NC6NC(NC7NC(NC(N4)C32)C2CCCCC72)C2CCCCC62)C2CCCCC52)C(O)C(C)O1. The van der Waals surface area contributed by atoms with Crippen LogP contribution in [0.25, 0.3) is 0 Å². The second kappa shape index (κ2) is 21.2. The van der Waals surface area contributed by atoms with Crippen molar-refractivity contribution >= 4 is 27.8 Å². The lowest BCUT2D eigenvalue weighted by atomic mass is 9.72. The minimum Gasteiger partial charge on any atom is -0.507 e. The first-order chi connectivity index (χ1) is 38.7. The number of phenols is 2. The van der Waals surface area contributed by atoms with Gasteiger partial charge in [-0.25, -0.2) is 0 Å². The van der Waals surface area contributed by atoms with E-state index >= 15 is 0 Å². The Morgan fingerprint density at radius 2 is 1.16 bits per heavy atom. The average molecular weight is 1120 g/mol. The fourth-order valence-electron chi connectivity index (χ4n) is 18.6. The molecule has 6 saturated heterocycles. The number of fused-ring (bicyclic) bond motifs is 23. The summed E-state index contributed by atoms with van der Waals surface area (Å²) in [6, 6.07) is 3.86. The molecule has 0 aromatic heterocycles. The van der Waals surface area contributed by atoms with E-state index in [2.05, 4.69) is 57.5 Å². The third kappa shape index (κ3) is 8.83. The first kappa shape index (κ1) is 54.4. The van der Waals surface area contributed by atoms with Crippen LogP contribution in [0.3, 0.4) is 0 Å². The van der Waals surface area contributed by atoms with Crippen LogP contribution < -0.4 is 47.3 Å². The number of ketones is 3. The molecular weight excluding hydrogens is 1040 g/mol. The summed E-state index contributed by atoms with van der Waals surface area (Å²) in [7, 11) is 5.59. The van der Waals surface area contributed by atoms with Gasteiger partial charge in [0.15, 0.2) is 17.9 Å². The predicted octanol–water partition coefficient (Wildman–Crippen LogP) is 2.03. The van der Waals surface area contributed by atoms with Crippen LogP contribution in [-0.4, -0.2) is 157 Å². The lowest BCUT2D eigenvalue weighted by Crippen LogP contribution is -2.63. The van der Waals surface area contributed by atoms with Crippen molar-refractivity contribution in [3.05, 3.63) is 51.6 Å². The number of Topliss-reactive ketones (excluding diaryl/α,β-unsaturated/α-hetero) is 1. The molecule has 6 aliphatic carbocycles. The summed E-state index contributed by atoms with van der Waals surface area (Å²) in [5.74, 6) is -0.175. The van der Waals surface area contributed by atoms with Gasteiger partial charge in [0.25, 0.3) is 0 Å². The summed E-state index contributed by atoms with van der Waals surface area (Å²) >= 11 is 0. The highest BCUT2D eigenvalue weighted by Gasteiger charge is 2.58. The summed E-state index contributed by atoms with van der Waals surface area (Å²) in [5.41, 5.74) is -3.56. The highest BCUT2D eigenvalue weighted by molar-refractivity contribution is 6.31. The fraction of sp³-hybridized carbons (Fsp3) is 0.746. The summed E-state index contributed by atoms with van der Waals surface area (Å²) in [6.45, 7) is 0.742. The quantitative estimate of drug-likeness (QED) is 0.119. The number of methoxy groups -OCH3 is 1. The van der Waals surface area contributed by atoms with E-state index in [1.54, 1.807) is 13.0 Å². The van der Waals surface area contributed by atoms with Crippen LogP contribution in [0.4, 0.5) is 0 Å². The number of aliphatic hydroxyl groups excluding tert-OH is 2. The Balaban J connectivity index is 0.774. The van der Waals surface area contributed by atoms with Crippen LogP contribution in [0.2, 0.25) is 0 Å². The number of benzene rings is 2. The molecule has 21 unspecified atom stereocenters. The van der Waals surface area contributed by atoms with Crippen LogP contribution in [0.5, 0.6) is 17.2 Å². The minimum absolute atomic E-state index is 0.00855. The van der Waals surface area contributed by atoms with E-state index in [-0.39, 0.29) is 102 Å². The molecule has 2 aromatic carbocycles. The Bertz CT molecular complexity index is 2760. The Hall–Kier alpha value is -3.49. The molecule has 13 N–H and O–H groups in total. The van der Waals surface area contributed by atoms with E-state index in [1.807, 2.05) is 0 Å². The monoisotopic (exact) mass is 1120 g/mol. The number of nitrogens with zero attached hydrogens (tertiary/aromatic N) is 1. The maximum atomic E-state index is 14.4. The Morgan fingerprint density at radius 1 is 0.675 bits per heavy atom. The second-order valence-corrected chi connectivity index (χ2v) is 26.7. The molecule has 6 heterocycles. The maximum Gasteiger partial charge on any atom is 0.202 e. The Kier molecular flexibility index (Phi) is 14.4. The van der Waals surface area contributed by atoms with Gasteiger partial charge in [-0.3, -0.25) is 56.9 Å². The topological polar surface area (TPSA) is 280 Å². The average Bonchev–Trinajstić information content (AvgIpc) is 4.33. The van der Waals surface area contributed by atoms with Crippen molar-refractivity contribution in [1.82, 2.24) is 47.1 Å². The van der Waals surface area contributed by atoms with Crippen molar-refractivity contribution in [2.45, 2.75) is 214 Å². The number of rotatable bonds is 7. The Labute approximate surface area is 471 Å². The van der Waals surface area contributed by atoms with E-state index in [1.165, 1.54) is 89.9 Å². The van der Waals surface area contributed by atoms with E-state index in [4.69, 9.17) is 14.2 Å². The standard InChI is InChI=1S/C59H82N9O11Si/c1-25-46(71)36(21-40(78-25)79-38-23-59(76,39(70)24-69)22-34-43(38)50(75)45-44(48(34)73)47(72)32-17-10-20-37(77-2)42(32)49(45)74)68(80)35-19-9-18-33-41(35)58-66-56-31-16-8-7-15-30(31)54(64-56)62-52-27-12-4-3-11-26(27)51(60-52)61-53-28-13-5-6-14-29(28)55(63-53)65-57(33)67-58/h10,17,20,25-31,33,35-36,38,40-41,46,51-58,60-67,69,71,73,75-76H,3-9,11-16,18-19,21-24H2,1-2H3/t25?,26?,27?,28?,29?,30?,31?,33?,35?,36?,38-,40?,41?,46?,51?,52?,53?,54?,55?,56?,57?,58?,59-/m0/s1. The normalized spacial score (nSPS) is 44.7. The molecule has 23 atom stereocenters. The molecule has 10 fully saturated rings. The number of hydrogen-bond acceptors (Lipinski definition) is 20. The van der Waals surface area contributed by atoms with Gasteiger partial charge in [-0.2, -0.15) is 0 Å². The largest absolute Gasteiger partial charge is 0.507 e. The van der Waals surface area contributed by atoms with Gasteiger partial charge in [0.2, 0.25) is 5.78 Å². The van der Waals surface area contributed by atoms with Crippen LogP contribution >= 0.6 is 0 Å². The van der Waals surface area contributed by atoms with Gasteiger partial charge in [0.1, 0.15) is 39.9 Å². The van der Waals surface area contributed by atoms with Gasteiger partial charge >= 0.3 is 0 Å². The molecule has 0 amide bonds. The molecule has 6 aliphatic heterocycles. The maximum absolute atomic E-state index is 14.4. The number of phenolic OH excluding ortho intramolecular Hbond substituents is 2. The summed E-state index contributed by atoms with van der Waals surface area (Å²) in [5, 5.41) is 92.6. The molecule has 12 aliphatic rings. The highest BCUT2D eigenvalue weighted by Crippen LogP contribution is 2.54. The number of hydrogen-bond donors (Lipinski definition) is 13. The second-order valence-electron chi connectivity index (χ2n) is 26.2. The van der Waals surface area contributed by atoms with Crippen molar-refractivity contribution in [3.8, 4) is 17.2 Å². The van der Waals surface area contributed by atoms with Gasteiger partial charge in [-0.15, -0.1) is 0 Å². The predicted molar refractivity (Wildman–Crippen MR) is 292 cm³/mol. The van der Waals surface area contributed by atoms with E-state index < -0.39 is 95.7 Å². The van der Waals surface area contributed by atoms with Gasteiger partial charge in [0, 0.05) is 54.0 Å². The van der Waals surface area contributed by atoms with E-state index in [9.17, 15) is 39.9 Å². The Morgan fingerprint density at radius 3 is 1.68 bits per heavy atom. The first-order valence-corrected chi connectivity index (χ1v) is 31.0. The van der Waals surface area contributed by atoms with Gasteiger partial charge in [-0.1, -0.05) is 57.1 Å². The molecule has 3 radical (unpaired) electrons. The van der Waals surface area contributed by atoms with Crippen LogP contribution in [0.15, 0.2) is 18.2 Å². The summed E-state index contributed by atoms with van der Waals surface area (Å²) < 4.78 is 20.8. The molecule has 2 aromatic rings. The van der Waals surface area contributed by atoms with Crippen LogP contribution in [0, 0.1) is 47.3 Å². The molecule has 433 valence electrons. The summed E-state index contributed by atoms with van der Waals surface area (Å²) in [6.07, 6.45) is 13.4. The van der Waals surface area contributed by atoms with Crippen LogP contribution in [0.1, 0.15) is 165 Å². The molecule has 0 spiro atoms. The first-order valence-electron chi connectivity index (χ1n) is 30.5. The van der Waals surface area contributed by atoms with E-state index in [0.29, 0.717) is 35.5 Å². The number of carbonyl (C=O) groups excluding carboxylic acids is 3. The number of aliphatic hydroxyl groups is 3. The van der Waals surface area contributed by atoms with Crippen molar-refractivity contribution in [1.29, 1.82) is 0 Å². The number of ether oxygens (including phenoxy) is 3. The van der Waals surface area contributed by atoms with Crippen molar-refractivity contribution in [3.63, 3.8) is 0 Å². The fourth-order valence-corrected chi connectivity index (χ4v) is 19.1. The number of nitrogens with one attached hydrogen (secondary N) is 8. The zero-order valence-corrected chi connectivity index (χ0v) is 47.0. The van der Waals surface area contributed by atoms with E-state index in [0.717, 1.165) is 25.7 Å². The molecular formula is C59H82N9O11Si. The summed E-state index contributed by atoms with van der Waals surface area (Å²) in [4.78, 5) is 42.0. The molecule has 4 saturated carbocycles. The molecule has 80 heavy (non-hydrogen) atoms. The molecule has 8 bridgehead atoms. The van der Waals surface area contributed by atoms with Crippen molar-refractivity contribution in [2.24, 2.45) is 47.3 Å². The minimum atomic E-state index is -2.30. The number of aromatic hydroxyl groups is 2. The molecule has 21 heteroatoms. The van der Waals surface area contributed by atoms with Gasteiger partial charge in [-0.05, 0) is 106 Å². The third-order valence-corrected chi connectivity index (χ3v) is 23.0. The number of carbonyl (C=O) groups is 3. The smallest absolute Gasteiger partial charge is 0.202 e. The lowest BCUT2D eigenvalue weighted by molar-refractivity contribution is -0.256. The van der Waals surface area contributed by atoms with Crippen LogP contribution in [-0.2, 0) is 20.7 Å². The molecule has 20 nitrogen and oxygen atoms in total. The van der Waals surface area contributed by atoms with Crippen molar-refractivity contribution in [2.75, 3.05) is 13.7 Å². The zero-order valence-electron chi connectivity index (χ0n) is 46.0. The van der Waals surface area contributed by atoms with Gasteiger partial charge in [0.05, 0.1) is 91.4 Å². The zero-order chi connectivity index (χ0) is 55.0. The lowest BCUT2D eigenvalue weighted by Gasteiger charge is -2.50. The van der Waals surface area contributed by atoms with Crippen molar-refractivity contribution < 1.29 is 54.1 Å². The highest BCUT2D eigenvalue weighted by atomic mass is 28.2. The molecule has 14 rings (SSSR count). The third-order valence-electron chi connectivity index (χ3n) is 22.3.